The largest absolute Gasteiger partial charge is 0.455 e. The highest BCUT2D eigenvalue weighted by molar-refractivity contribution is 7.92. The molecule has 0 spiro atoms. The Kier molecular flexibility index (Phi) is 7.38. The molecule has 2 amide bonds. The molecular weight excluding hydrogens is 598 g/mol. The molecule has 0 unspecified atom stereocenters. The summed E-state index contributed by atoms with van der Waals surface area (Å²) in [6.07, 6.45) is 2.33. The summed E-state index contributed by atoms with van der Waals surface area (Å²) < 4.78 is 61.3. The standard InChI is InChI=1S/C30H26F2N4O5S2/c1-33-28(37)26-21-13-20(23(35-43(2,39)40)14-24(21)41-27(26)16-5-7-18(31)8-6-16)17-4-3-11-36(15-17)30(38)29-34-22-10-9-19(32)12-25(22)42-29/h5-10,12-14,17,35H,3-4,11,15H2,1-2H3,(H,33,37)/t17-/m1/s1. The summed E-state index contributed by atoms with van der Waals surface area (Å²) in [4.78, 5) is 32.7. The number of aromatic nitrogens is 1. The zero-order valence-corrected chi connectivity index (χ0v) is 24.7. The zero-order valence-electron chi connectivity index (χ0n) is 23.1. The van der Waals surface area contributed by atoms with Crippen molar-refractivity contribution in [3.05, 3.63) is 82.4 Å². The number of furan rings is 1. The maximum atomic E-state index is 13.7. The molecule has 3 aromatic carbocycles. The van der Waals surface area contributed by atoms with Crippen LogP contribution in [0.15, 0.2) is 59.0 Å². The number of hydrogen-bond acceptors (Lipinski definition) is 7. The molecule has 0 aliphatic carbocycles. The molecule has 5 aromatic rings. The van der Waals surface area contributed by atoms with Gasteiger partial charge in [0, 0.05) is 43.1 Å². The van der Waals surface area contributed by atoms with Crippen LogP contribution in [0.1, 0.15) is 44.5 Å². The van der Waals surface area contributed by atoms with Gasteiger partial charge in [0.1, 0.15) is 23.0 Å². The number of sulfonamides is 1. The predicted molar refractivity (Wildman–Crippen MR) is 161 cm³/mol. The third kappa shape index (κ3) is 5.69. The molecular formula is C30H26F2N4O5S2. The molecule has 6 rings (SSSR count). The van der Waals surface area contributed by atoms with E-state index in [4.69, 9.17) is 4.42 Å². The number of carbonyl (C=O) groups excluding carboxylic acids is 2. The van der Waals surface area contributed by atoms with Crippen molar-refractivity contribution in [3.63, 3.8) is 0 Å². The lowest BCUT2D eigenvalue weighted by molar-refractivity contribution is 0.0707. The molecule has 9 nitrogen and oxygen atoms in total. The second-order valence-corrected chi connectivity index (χ2v) is 13.2. The van der Waals surface area contributed by atoms with Gasteiger partial charge in [0.2, 0.25) is 10.0 Å². The molecule has 0 radical (unpaired) electrons. The summed E-state index contributed by atoms with van der Waals surface area (Å²) >= 11 is 1.12. The van der Waals surface area contributed by atoms with Crippen LogP contribution in [0.25, 0.3) is 32.5 Å². The van der Waals surface area contributed by atoms with Gasteiger partial charge in [0.05, 0.1) is 27.7 Å². The van der Waals surface area contributed by atoms with Crippen LogP contribution in [0.5, 0.6) is 0 Å². The SMILES string of the molecule is CNC(=O)c1c(-c2ccc(F)cc2)oc2cc(NS(C)(=O)=O)c([C@@H]3CCCN(C(=O)c4nc5ccc(F)cc5s4)C3)cc12. The number of benzene rings is 3. The van der Waals surface area contributed by atoms with Crippen molar-refractivity contribution in [3.8, 4) is 11.3 Å². The van der Waals surface area contributed by atoms with Crippen LogP contribution in [0, 0.1) is 11.6 Å². The molecule has 2 N–H and O–H groups in total. The van der Waals surface area contributed by atoms with E-state index >= 15 is 0 Å². The Labute approximate surface area is 249 Å². The van der Waals surface area contributed by atoms with Gasteiger partial charge in [-0.25, -0.2) is 22.2 Å². The molecule has 0 saturated carbocycles. The minimum absolute atomic E-state index is 0.213. The van der Waals surface area contributed by atoms with E-state index in [9.17, 15) is 26.8 Å². The fraction of sp³-hybridized carbons (Fsp3) is 0.233. The van der Waals surface area contributed by atoms with Crippen molar-refractivity contribution in [1.82, 2.24) is 15.2 Å². The number of halogens is 2. The number of thiazole rings is 1. The maximum absolute atomic E-state index is 13.7. The van der Waals surface area contributed by atoms with E-state index < -0.39 is 27.6 Å². The van der Waals surface area contributed by atoms with Gasteiger partial charge in [-0.1, -0.05) is 0 Å². The number of amides is 2. The monoisotopic (exact) mass is 624 g/mol. The third-order valence-corrected chi connectivity index (χ3v) is 8.99. The summed E-state index contributed by atoms with van der Waals surface area (Å²) in [5.41, 5.74) is 2.36. The molecule has 0 bridgehead atoms. The summed E-state index contributed by atoms with van der Waals surface area (Å²) in [7, 11) is -2.23. The van der Waals surface area contributed by atoms with E-state index in [1.807, 2.05) is 0 Å². The van der Waals surface area contributed by atoms with Crippen molar-refractivity contribution in [2.45, 2.75) is 18.8 Å². The second kappa shape index (κ2) is 11.0. The Morgan fingerprint density at radius 3 is 2.53 bits per heavy atom. The molecule has 222 valence electrons. The zero-order chi connectivity index (χ0) is 30.5. The lowest BCUT2D eigenvalue weighted by Gasteiger charge is -2.33. The van der Waals surface area contributed by atoms with Crippen LogP contribution in [-0.2, 0) is 10.0 Å². The third-order valence-electron chi connectivity index (χ3n) is 7.40. The van der Waals surface area contributed by atoms with Gasteiger partial charge >= 0.3 is 0 Å². The highest BCUT2D eigenvalue weighted by Gasteiger charge is 2.31. The summed E-state index contributed by atoms with van der Waals surface area (Å²) in [5, 5.41) is 3.31. The molecule has 1 fully saturated rings. The number of likely N-dealkylation sites (tertiary alicyclic amines) is 1. The van der Waals surface area contributed by atoms with E-state index in [1.165, 1.54) is 55.6 Å². The van der Waals surface area contributed by atoms with Gasteiger partial charge in [0.15, 0.2) is 5.01 Å². The van der Waals surface area contributed by atoms with Crippen molar-refractivity contribution < 1.29 is 31.2 Å². The lowest BCUT2D eigenvalue weighted by Crippen LogP contribution is -2.39. The van der Waals surface area contributed by atoms with Crippen molar-refractivity contribution in [2.24, 2.45) is 0 Å². The number of carbonyl (C=O) groups is 2. The number of nitrogens with zero attached hydrogens (tertiary/aromatic N) is 2. The van der Waals surface area contributed by atoms with E-state index in [1.54, 1.807) is 11.0 Å². The van der Waals surface area contributed by atoms with Gasteiger partial charge in [-0.3, -0.25) is 14.3 Å². The van der Waals surface area contributed by atoms with Gasteiger partial charge in [-0.15, -0.1) is 11.3 Å². The Balaban J connectivity index is 1.43. The molecule has 1 saturated heterocycles. The minimum Gasteiger partial charge on any atom is -0.455 e. The smallest absolute Gasteiger partial charge is 0.282 e. The topological polar surface area (TPSA) is 122 Å². The van der Waals surface area contributed by atoms with Gasteiger partial charge in [0.25, 0.3) is 11.8 Å². The average molecular weight is 625 g/mol. The van der Waals surface area contributed by atoms with Crippen molar-refractivity contribution in [2.75, 3.05) is 31.1 Å². The summed E-state index contributed by atoms with van der Waals surface area (Å²) in [6, 6.07) is 12.9. The van der Waals surface area contributed by atoms with Gasteiger partial charge in [-0.05, 0) is 66.9 Å². The van der Waals surface area contributed by atoms with Crippen molar-refractivity contribution >= 4 is 60.0 Å². The number of rotatable bonds is 6. The number of nitrogens with one attached hydrogen (secondary N) is 2. The fourth-order valence-electron chi connectivity index (χ4n) is 5.48. The molecule has 1 atom stereocenters. The first-order chi connectivity index (χ1) is 20.5. The minimum atomic E-state index is -3.71. The lowest BCUT2D eigenvalue weighted by atomic mass is 9.88. The fourth-order valence-corrected chi connectivity index (χ4v) is 7.02. The Morgan fingerprint density at radius 1 is 1.07 bits per heavy atom. The predicted octanol–water partition coefficient (Wildman–Crippen LogP) is 5.74. The molecule has 43 heavy (non-hydrogen) atoms. The van der Waals surface area contributed by atoms with Crippen LogP contribution in [0.2, 0.25) is 0 Å². The molecule has 1 aliphatic heterocycles. The van der Waals surface area contributed by atoms with Gasteiger partial charge in [-0.2, -0.15) is 0 Å². The van der Waals surface area contributed by atoms with Crippen LogP contribution in [-0.4, -0.2) is 56.5 Å². The van der Waals surface area contributed by atoms with Crippen LogP contribution in [0.3, 0.4) is 0 Å². The van der Waals surface area contributed by atoms with E-state index in [0.717, 1.165) is 17.6 Å². The molecule has 3 heterocycles. The molecule has 1 aliphatic rings. The van der Waals surface area contributed by atoms with Crippen molar-refractivity contribution in [1.29, 1.82) is 0 Å². The maximum Gasteiger partial charge on any atom is 0.282 e. The summed E-state index contributed by atoms with van der Waals surface area (Å²) in [6.45, 7) is 0.742. The summed E-state index contributed by atoms with van der Waals surface area (Å²) in [5.74, 6) is -1.66. The van der Waals surface area contributed by atoms with E-state index in [0.29, 0.717) is 46.1 Å². The normalized spacial score (nSPS) is 15.6. The first-order valence-electron chi connectivity index (χ1n) is 13.4. The van der Waals surface area contributed by atoms with Crippen LogP contribution >= 0.6 is 11.3 Å². The average Bonchev–Trinajstić information content (AvgIpc) is 3.56. The van der Waals surface area contributed by atoms with E-state index in [-0.39, 0.29) is 46.0 Å². The number of anilines is 1. The second-order valence-electron chi connectivity index (χ2n) is 10.4. The quantitative estimate of drug-likeness (QED) is 0.249. The van der Waals surface area contributed by atoms with Gasteiger partial charge < -0.3 is 14.6 Å². The van der Waals surface area contributed by atoms with E-state index in [2.05, 4.69) is 15.0 Å². The molecule has 2 aromatic heterocycles. The number of piperidine rings is 1. The highest BCUT2D eigenvalue weighted by atomic mass is 32.2. The van der Waals surface area contributed by atoms with Crippen LogP contribution in [0.4, 0.5) is 14.5 Å². The number of hydrogen-bond donors (Lipinski definition) is 2. The Bertz CT molecular complexity index is 2000. The Hall–Kier alpha value is -4.36. The first-order valence-corrected chi connectivity index (χ1v) is 16.1. The first kappa shape index (κ1) is 28.7. The number of fused-ring (bicyclic) bond motifs is 2. The van der Waals surface area contributed by atoms with Crippen LogP contribution < -0.4 is 10.0 Å². The Morgan fingerprint density at radius 2 is 1.81 bits per heavy atom. The molecule has 13 heteroatoms. The highest BCUT2D eigenvalue weighted by Crippen LogP contribution is 2.41.